The maximum Gasteiger partial charge on any atom is 0.143 e. The Morgan fingerprint density at radius 2 is 1.39 bits per heavy atom. The van der Waals surface area contributed by atoms with Crippen molar-refractivity contribution in [3.8, 4) is 5.75 Å². The van der Waals surface area contributed by atoms with Crippen LogP contribution in [0.25, 0.3) is 0 Å². The lowest BCUT2D eigenvalue weighted by Crippen LogP contribution is -1.91. The van der Waals surface area contributed by atoms with Gasteiger partial charge in [0.1, 0.15) is 5.75 Å². The molecule has 2 rings (SSSR count). The van der Waals surface area contributed by atoms with Gasteiger partial charge in [0, 0.05) is 5.02 Å². The fourth-order valence-electron chi connectivity index (χ4n) is 1.70. The summed E-state index contributed by atoms with van der Waals surface area (Å²) in [5, 5.41) is 10.4. The summed E-state index contributed by atoms with van der Waals surface area (Å²) in [6.45, 7) is 0. The lowest BCUT2D eigenvalue weighted by atomic mass is 10.0. The van der Waals surface area contributed by atoms with Crippen LogP contribution in [0.2, 0.25) is 5.02 Å². The molecule has 94 valence electrons. The lowest BCUT2D eigenvalue weighted by Gasteiger charge is -2.06. The molecule has 0 saturated heterocycles. The number of hydrogen-bond donors (Lipinski definition) is 1. The van der Waals surface area contributed by atoms with Gasteiger partial charge in [-0.15, -0.1) is 0 Å². The van der Waals surface area contributed by atoms with Crippen molar-refractivity contribution < 1.29 is 5.11 Å². The predicted molar refractivity (Wildman–Crippen MR) is 82.4 cm³/mol. The zero-order chi connectivity index (χ0) is 13.1. The van der Waals surface area contributed by atoms with Gasteiger partial charge in [-0.25, -0.2) is 0 Å². The van der Waals surface area contributed by atoms with E-state index in [1.807, 2.05) is 36.4 Å². The van der Waals surface area contributed by atoms with Crippen LogP contribution < -0.4 is 0 Å². The third kappa shape index (κ3) is 3.50. The predicted octanol–water partition coefficient (Wildman–Crippen LogP) is 5.36. The number of phenolic OH excluding ortho intramolecular Hbond substituents is 1. The van der Waals surface area contributed by atoms with Crippen molar-refractivity contribution in [1.29, 1.82) is 0 Å². The van der Waals surface area contributed by atoms with Crippen LogP contribution >= 0.6 is 43.5 Å². The van der Waals surface area contributed by atoms with E-state index in [-0.39, 0.29) is 5.75 Å². The first-order valence-electron chi connectivity index (χ1n) is 5.47. The Labute approximate surface area is 128 Å². The molecule has 1 N–H and O–H groups in total. The Hall–Kier alpha value is -0.510. The molecule has 0 bridgehead atoms. The molecule has 2 aromatic carbocycles. The van der Waals surface area contributed by atoms with Crippen molar-refractivity contribution in [3.63, 3.8) is 0 Å². The minimum Gasteiger partial charge on any atom is -0.506 e. The number of aryl methyl sites for hydroxylation is 2. The molecule has 0 aliphatic carbocycles. The zero-order valence-corrected chi connectivity index (χ0v) is 13.4. The number of rotatable bonds is 3. The summed E-state index contributed by atoms with van der Waals surface area (Å²) in [6, 6.07) is 11.8. The van der Waals surface area contributed by atoms with E-state index in [2.05, 4.69) is 31.9 Å². The lowest BCUT2D eigenvalue weighted by molar-refractivity contribution is 0.468. The monoisotopic (exact) mass is 388 g/mol. The van der Waals surface area contributed by atoms with E-state index in [4.69, 9.17) is 11.6 Å². The van der Waals surface area contributed by atoms with Gasteiger partial charge in [0.15, 0.2) is 0 Å². The van der Waals surface area contributed by atoms with Crippen LogP contribution in [-0.2, 0) is 12.8 Å². The molecule has 1 nitrogen and oxygen atoms in total. The molecular weight excluding hydrogens is 379 g/mol. The SMILES string of the molecule is Oc1c(Br)cc(CCc2ccc(Cl)cc2)cc1Br. The first-order chi connectivity index (χ1) is 8.56. The second-order valence-corrected chi connectivity index (χ2v) is 6.18. The van der Waals surface area contributed by atoms with E-state index in [0.29, 0.717) is 8.95 Å². The highest BCUT2D eigenvalue weighted by atomic mass is 79.9. The molecule has 0 heterocycles. The van der Waals surface area contributed by atoms with Gasteiger partial charge in [0.2, 0.25) is 0 Å². The van der Waals surface area contributed by atoms with Crippen molar-refractivity contribution >= 4 is 43.5 Å². The van der Waals surface area contributed by atoms with Crippen molar-refractivity contribution in [2.75, 3.05) is 0 Å². The summed E-state index contributed by atoms with van der Waals surface area (Å²) >= 11 is 12.5. The minimum atomic E-state index is 0.241. The summed E-state index contributed by atoms with van der Waals surface area (Å²) in [5.41, 5.74) is 2.42. The van der Waals surface area contributed by atoms with Crippen LogP contribution in [0.3, 0.4) is 0 Å². The normalized spacial score (nSPS) is 10.6. The molecule has 0 spiro atoms. The average molecular weight is 391 g/mol. The minimum absolute atomic E-state index is 0.241. The molecule has 0 aliphatic heterocycles. The molecular formula is C14H11Br2ClO. The number of phenols is 1. The fraction of sp³-hybridized carbons (Fsp3) is 0.143. The summed E-state index contributed by atoms with van der Waals surface area (Å²) in [7, 11) is 0. The van der Waals surface area contributed by atoms with Crippen LogP contribution in [0.1, 0.15) is 11.1 Å². The van der Waals surface area contributed by atoms with Crippen molar-refractivity contribution in [2.45, 2.75) is 12.8 Å². The molecule has 18 heavy (non-hydrogen) atoms. The van der Waals surface area contributed by atoms with E-state index in [1.165, 1.54) is 11.1 Å². The Balaban J connectivity index is 2.08. The highest BCUT2D eigenvalue weighted by Crippen LogP contribution is 2.33. The van der Waals surface area contributed by atoms with Gasteiger partial charge in [-0.3, -0.25) is 0 Å². The topological polar surface area (TPSA) is 20.2 Å². The molecule has 0 fully saturated rings. The van der Waals surface area contributed by atoms with E-state index in [1.54, 1.807) is 0 Å². The Morgan fingerprint density at radius 3 is 1.94 bits per heavy atom. The first kappa shape index (κ1) is 13.9. The highest BCUT2D eigenvalue weighted by Gasteiger charge is 2.06. The van der Waals surface area contributed by atoms with Gasteiger partial charge < -0.3 is 5.11 Å². The van der Waals surface area contributed by atoms with Crippen molar-refractivity contribution in [3.05, 3.63) is 61.5 Å². The maximum absolute atomic E-state index is 9.64. The van der Waals surface area contributed by atoms with E-state index in [0.717, 1.165) is 17.9 Å². The van der Waals surface area contributed by atoms with Crippen molar-refractivity contribution in [2.24, 2.45) is 0 Å². The molecule has 4 heteroatoms. The number of hydrogen-bond acceptors (Lipinski definition) is 1. The summed E-state index contributed by atoms with van der Waals surface area (Å²) < 4.78 is 1.42. The highest BCUT2D eigenvalue weighted by molar-refractivity contribution is 9.11. The molecule has 0 amide bonds. The quantitative estimate of drug-likeness (QED) is 0.748. The Morgan fingerprint density at radius 1 is 0.889 bits per heavy atom. The average Bonchev–Trinajstić information content (AvgIpc) is 2.35. The molecule has 0 unspecified atom stereocenters. The molecule has 0 saturated carbocycles. The van der Waals surface area contributed by atoms with Crippen LogP contribution in [0.5, 0.6) is 5.75 Å². The summed E-state index contributed by atoms with van der Waals surface area (Å²) in [5.74, 6) is 0.241. The van der Waals surface area contributed by atoms with Crippen molar-refractivity contribution in [1.82, 2.24) is 0 Å². The summed E-state index contributed by atoms with van der Waals surface area (Å²) in [6.07, 6.45) is 1.86. The van der Waals surface area contributed by atoms with Gasteiger partial charge >= 0.3 is 0 Å². The van der Waals surface area contributed by atoms with Crippen LogP contribution in [0.4, 0.5) is 0 Å². The second kappa shape index (κ2) is 6.09. The molecule has 0 aliphatic rings. The standard InChI is InChI=1S/C14H11Br2ClO/c15-12-7-10(8-13(16)14(12)18)2-1-9-3-5-11(17)6-4-9/h3-8,18H,1-2H2. The number of aromatic hydroxyl groups is 1. The van der Waals surface area contributed by atoms with Crippen LogP contribution in [0, 0.1) is 0 Å². The number of benzene rings is 2. The zero-order valence-electron chi connectivity index (χ0n) is 9.46. The van der Waals surface area contributed by atoms with E-state index >= 15 is 0 Å². The van der Waals surface area contributed by atoms with Gasteiger partial charge in [-0.1, -0.05) is 23.7 Å². The Bertz CT molecular complexity index is 529. The molecule has 2 aromatic rings. The third-order valence-corrected chi connectivity index (χ3v) is 4.15. The Kier molecular flexibility index (Phi) is 4.71. The molecule has 0 aromatic heterocycles. The van der Waals surface area contributed by atoms with E-state index in [9.17, 15) is 5.11 Å². The number of halogens is 3. The first-order valence-corrected chi connectivity index (χ1v) is 7.44. The van der Waals surface area contributed by atoms with Crippen LogP contribution in [-0.4, -0.2) is 5.11 Å². The van der Waals surface area contributed by atoms with Gasteiger partial charge in [-0.2, -0.15) is 0 Å². The summed E-state index contributed by atoms with van der Waals surface area (Å²) in [4.78, 5) is 0. The molecule has 0 radical (unpaired) electrons. The largest absolute Gasteiger partial charge is 0.506 e. The van der Waals surface area contributed by atoms with Gasteiger partial charge in [0.25, 0.3) is 0 Å². The van der Waals surface area contributed by atoms with Gasteiger partial charge in [0.05, 0.1) is 8.95 Å². The van der Waals surface area contributed by atoms with Crippen LogP contribution in [0.15, 0.2) is 45.3 Å². The third-order valence-electron chi connectivity index (χ3n) is 2.69. The fourth-order valence-corrected chi connectivity index (χ4v) is 3.11. The van der Waals surface area contributed by atoms with E-state index < -0.39 is 0 Å². The second-order valence-electron chi connectivity index (χ2n) is 4.03. The smallest absolute Gasteiger partial charge is 0.143 e. The van der Waals surface area contributed by atoms with Gasteiger partial charge in [-0.05, 0) is 80.1 Å². The molecule has 0 atom stereocenters. The maximum atomic E-state index is 9.64.